The van der Waals surface area contributed by atoms with Gasteiger partial charge in [0.25, 0.3) is 0 Å². The molecule has 0 bridgehead atoms. The Morgan fingerprint density at radius 2 is 2.19 bits per heavy atom. The maximum Gasteiger partial charge on any atom is 0.218 e. The summed E-state index contributed by atoms with van der Waals surface area (Å²) in [5.74, 6) is -0.322. The van der Waals surface area contributed by atoms with Gasteiger partial charge in [-0.3, -0.25) is 4.79 Å². The minimum Gasteiger partial charge on any atom is -0.370 e. The van der Waals surface area contributed by atoms with Crippen molar-refractivity contribution in [2.24, 2.45) is 5.73 Å². The molecule has 88 valence electrons. The Kier molecular flexibility index (Phi) is 5.06. The minimum absolute atomic E-state index is 0.0329. The van der Waals surface area contributed by atoms with Crippen LogP contribution in [0.15, 0.2) is 18.2 Å². The molecule has 1 amide bonds. The van der Waals surface area contributed by atoms with Crippen molar-refractivity contribution < 1.29 is 4.79 Å². The van der Waals surface area contributed by atoms with E-state index in [0.717, 1.165) is 5.56 Å². The van der Waals surface area contributed by atoms with E-state index in [1.165, 1.54) is 0 Å². The van der Waals surface area contributed by atoms with Crippen molar-refractivity contribution >= 4 is 29.1 Å². The van der Waals surface area contributed by atoms with Crippen LogP contribution in [0.1, 0.15) is 24.9 Å². The Labute approximate surface area is 105 Å². The lowest BCUT2D eigenvalue weighted by molar-refractivity contribution is -0.117. The van der Waals surface area contributed by atoms with Crippen LogP contribution in [0, 0.1) is 0 Å². The normalized spacial score (nSPS) is 12.4. The van der Waals surface area contributed by atoms with E-state index in [1.54, 1.807) is 12.1 Å². The summed E-state index contributed by atoms with van der Waals surface area (Å²) in [5.41, 5.74) is 5.96. The Balaban J connectivity index is 2.61. The number of hydrogen-bond acceptors (Lipinski definition) is 2. The summed E-state index contributed by atoms with van der Waals surface area (Å²) in [4.78, 5) is 10.6. The standard InChI is InChI=1S/C11H14Cl2N2O/c1-7(15-5-4-11(14)16)9-6-8(12)2-3-10(9)13/h2-3,6-7,15H,4-5H2,1H3,(H2,14,16). The average Bonchev–Trinajstić information content (AvgIpc) is 2.21. The molecule has 0 aliphatic carbocycles. The lowest BCUT2D eigenvalue weighted by atomic mass is 10.1. The van der Waals surface area contributed by atoms with Crippen LogP contribution in [0.25, 0.3) is 0 Å². The van der Waals surface area contributed by atoms with Crippen molar-refractivity contribution in [2.45, 2.75) is 19.4 Å². The van der Waals surface area contributed by atoms with Crippen LogP contribution in [-0.2, 0) is 4.79 Å². The van der Waals surface area contributed by atoms with E-state index in [-0.39, 0.29) is 11.9 Å². The fraction of sp³-hybridized carbons (Fsp3) is 0.364. The lowest BCUT2D eigenvalue weighted by Gasteiger charge is -2.15. The van der Waals surface area contributed by atoms with Crippen molar-refractivity contribution in [2.75, 3.05) is 6.54 Å². The highest BCUT2D eigenvalue weighted by atomic mass is 35.5. The second-order valence-electron chi connectivity index (χ2n) is 3.56. The highest BCUT2D eigenvalue weighted by Gasteiger charge is 2.09. The maximum atomic E-state index is 10.6. The van der Waals surface area contributed by atoms with Gasteiger partial charge in [0, 0.05) is 29.1 Å². The van der Waals surface area contributed by atoms with E-state index in [2.05, 4.69) is 5.32 Å². The molecular weight excluding hydrogens is 247 g/mol. The van der Waals surface area contributed by atoms with Gasteiger partial charge in [0.1, 0.15) is 0 Å². The smallest absolute Gasteiger partial charge is 0.218 e. The predicted molar refractivity (Wildman–Crippen MR) is 66.7 cm³/mol. The summed E-state index contributed by atoms with van der Waals surface area (Å²) in [6.07, 6.45) is 0.308. The van der Waals surface area contributed by atoms with E-state index in [1.807, 2.05) is 13.0 Å². The first-order valence-electron chi connectivity index (χ1n) is 4.97. The number of hydrogen-bond donors (Lipinski definition) is 2. The SMILES string of the molecule is CC(NCCC(N)=O)c1cc(Cl)ccc1Cl. The van der Waals surface area contributed by atoms with Gasteiger partial charge >= 0.3 is 0 Å². The van der Waals surface area contributed by atoms with Crippen LogP contribution < -0.4 is 11.1 Å². The molecule has 0 fully saturated rings. The number of amides is 1. The molecule has 1 unspecified atom stereocenters. The molecule has 0 aromatic heterocycles. The third-order valence-corrected chi connectivity index (χ3v) is 2.83. The summed E-state index contributed by atoms with van der Waals surface area (Å²) >= 11 is 11.9. The fourth-order valence-corrected chi connectivity index (χ4v) is 1.83. The van der Waals surface area contributed by atoms with Gasteiger partial charge in [0.15, 0.2) is 0 Å². The number of benzene rings is 1. The molecule has 0 aliphatic heterocycles. The van der Waals surface area contributed by atoms with Gasteiger partial charge in [-0.05, 0) is 30.7 Å². The number of halogens is 2. The van der Waals surface area contributed by atoms with Crippen LogP contribution in [0.4, 0.5) is 0 Å². The van der Waals surface area contributed by atoms with E-state index in [9.17, 15) is 4.79 Å². The van der Waals surface area contributed by atoms with Gasteiger partial charge in [0.2, 0.25) is 5.91 Å². The zero-order valence-corrected chi connectivity index (χ0v) is 10.5. The number of carbonyl (C=O) groups is 1. The molecule has 1 aromatic carbocycles. The van der Waals surface area contributed by atoms with E-state index in [4.69, 9.17) is 28.9 Å². The molecule has 0 spiro atoms. The van der Waals surface area contributed by atoms with Crippen LogP contribution in [0.3, 0.4) is 0 Å². The summed E-state index contributed by atoms with van der Waals surface area (Å²) in [5, 5.41) is 4.45. The van der Waals surface area contributed by atoms with Crippen LogP contribution in [0.5, 0.6) is 0 Å². The van der Waals surface area contributed by atoms with Gasteiger partial charge in [-0.15, -0.1) is 0 Å². The van der Waals surface area contributed by atoms with Crippen molar-refractivity contribution in [3.8, 4) is 0 Å². The van der Waals surface area contributed by atoms with Crippen molar-refractivity contribution in [1.82, 2.24) is 5.32 Å². The largest absolute Gasteiger partial charge is 0.370 e. The summed E-state index contributed by atoms with van der Waals surface area (Å²) in [6.45, 7) is 2.48. The summed E-state index contributed by atoms with van der Waals surface area (Å²) in [6, 6.07) is 5.34. The van der Waals surface area contributed by atoms with Crippen LogP contribution in [-0.4, -0.2) is 12.5 Å². The van der Waals surface area contributed by atoms with Gasteiger partial charge in [-0.25, -0.2) is 0 Å². The third kappa shape index (κ3) is 4.00. The molecule has 3 N–H and O–H groups in total. The Morgan fingerprint density at radius 3 is 2.81 bits per heavy atom. The predicted octanol–water partition coefficient (Wildman–Crippen LogP) is 2.52. The zero-order chi connectivity index (χ0) is 12.1. The molecule has 3 nitrogen and oxygen atoms in total. The summed E-state index contributed by atoms with van der Waals surface area (Å²) in [7, 11) is 0. The van der Waals surface area contributed by atoms with E-state index in [0.29, 0.717) is 23.0 Å². The van der Waals surface area contributed by atoms with Crippen molar-refractivity contribution in [3.63, 3.8) is 0 Å². The highest BCUT2D eigenvalue weighted by Crippen LogP contribution is 2.25. The molecule has 16 heavy (non-hydrogen) atoms. The van der Waals surface area contributed by atoms with Gasteiger partial charge < -0.3 is 11.1 Å². The number of rotatable bonds is 5. The topological polar surface area (TPSA) is 55.1 Å². The summed E-state index contributed by atoms with van der Waals surface area (Å²) < 4.78 is 0. The van der Waals surface area contributed by atoms with Gasteiger partial charge in [-0.2, -0.15) is 0 Å². The van der Waals surface area contributed by atoms with Gasteiger partial charge in [-0.1, -0.05) is 23.2 Å². The molecule has 1 atom stereocenters. The molecule has 0 saturated heterocycles. The molecule has 5 heteroatoms. The monoisotopic (exact) mass is 260 g/mol. The minimum atomic E-state index is -0.322. The molecular formula is C11H14Cl2N2O. The molecule has 1 aromatic rings. The second kappa shape index (κ2) is 6.09. The molecule has 0 aliphatic rings. The third-order valence-electron chi connectivity index (χ3n) is 2.25. The van der Waals surface area contributed by atoms with Crippen LogP contribution in [0.2, 0.25) is 10.0 Å². The fourth-order valence-electron chi connectivity index (χ4n) is 1.37. The molecule has 0 saturated carbocycles. The molecule has 0 radical (unpaired) electrons. The number of carbonyl (C=O) groups excluding carboxylic acids is 1. The highest BCUT2D eigenvalue weighted by molar-refractivity contribution is 6.33. The van der Waals surface area contributed by atoms with Crippen molar-refractivity contribution in [3.05, 3.63) is 33.8 Å². The Morgan fingerprint density at radius 1 is 1.50 bits per heavy atom. The van der Waals surface area contributed by atoms with Gasteiger partial charge in [0.05, 0.1) is 0 Å². The average molecular weight is 261 g/mol. The first kappa shape index (κ1) is 13.3. The number of primary amides is 1. The number of nitrogens with one attached hydrogen (secondary N) is 1. The van der Waals surface area contributed by atoms with Crippen LogP contribution >= 0.6 is 23.2 Å². The Hall–Kier alpha value is -0.770. The lowest BCUT2D eigenvalue weighted by Crippen LogP contribution is -2.24. The van der Waals surface area contributed by atoms with E-state index < -0.39 is 0 Å². The molecule has 0 heterocycles. The molecule has 1 rings (SSSR count). The Bertz CT molecular complexity index is 382. The number of nitrogens with two attached hydrogens (primary N) is 1. The first-order chi connectivity index (χ1) is 7.50. The quantitative estimate of drug-likeness (QED) is 0.855. The van der Waals surface area contributed by atoms with E-state index >= 15 is 0 Å². The zero-order valence-electron chi connectivity index (χ0n) is 8.97. The first-order valence-corrected chi connectivity index (χ1v) is 5.73. The second-order valence-corrected chi connectivity index (χ2v) is 4.40. The maximum absolute atomic E-state index is 10.6. The van der Waals surface area contributed by atoms with Crippen molar-refractivity contribution in [1.29, 1.82) is 0 Å².